The summed E-state index contributed by atoms with van der Waals surface area (Å²) >= 11 is 1.12. The lowest BCUT2D eigenvalue weighted by atomic mass is 10.2. The number of rotatable bonds is 10. The molecule has 0 saturated carbocycles. The normalized spacial score (nSPS) is 10.7. The largest absolute Gasteiger partial charge is 0.457 e. The van der Waals surface area contributed by atoms with Gasteiger partial charge in [0.1, 0.15) is 11.5 Å². The van der Waals surface area contributed by atoms with Crippen LogP contribution in [0.5, 0.6) is 11.5 Å². The number of nitrogens with two attached hydrogens (primary N) is 1. The van der Waals surface area contributed by atoms with E-state index in [1.54, 1.807) is 30.5 Å². The molecule has 12 heteroatoms. The summed E-state index contributed by atoms with van der Waals surface area (Å²) in [7, 11) is 0. The zero-order chi connectivity index (χ0) is 26.0. The number of hydrogen-bond donors (Lipinski definition) is 4. The number of carbonyl (C=O) groups is 2. The van der Waals surface area contributed by atoms with Crippen molar-refractivity contribution in [2.75, 3.05) is 27.7 Å². The number of nitrogens with zero attached hydrogens (tertiary/aromatic N) is 4. The van der Waals surface area contributed by atoms with Crippen LogP contribution in [-0.4, -0.2) is 38.7 Å². The van der Waals surface area contributed by atoms with Gasteiger partial charge in [-0.25, -0.2) is 10.1 Å². The number of hydrazone groups is 1. The number of aromatic nitrogens is 3. The Morgan fingerprint density at radius 3 is 2.49 bits per heavy atom. The zero-order valence-electron chi connectivity index (χ0n) is 19.8. The molecule has 3 aromatic carbocycles. The van der Waals surface area contributed by atoms with Gasteiger partial charge in [0, 0.05) is 18.3 Å². The standard InChI is InChI=1S/C25H24N8O3S/c1-17(34)28-19-8-6-9-20(14-19)29-23(35)16-37-25-32-31-24(33(25)26)30-27-15-18-7-5-12-22(13-18)36-21-10-3-2-4-11-21/h2-15H,16,26H2,1H3,(H,28,34)(H,29,35)(H,30,31)/b27-15+. The summed E-state index contributed by atoms with van der Waals surface area (Å²) in [6.07, 6.45) is 1.60. The molecule has 2 amide bonds. The van der Waals surface area contributed by atoms with Crippen LogP contribution in [0.1, 0.15) is 12.5 Å². The van der Waals surface area contributed by atoms with Crippen molar-refractivity contribution < 1.29 is 14.3 Å². The lowest BCUT2D eigenvalue weighted by Crippen LogP contribution is -2.17. The molecule has 0 bridgehead atoms. The van der Waals surface area contributed by atoms with Crippen LogP contribution in [0.15, 0.2) is 89.1 Å². The van der Waals surface area contributed by atoms with E-state index in [2.05, 4.69) is 31.4 Å². The Kier molecular flexibility index (Phi) is 8.34. The molecule has 0 saturated heterocycles. The van der Waals surface area contributed by atoms with Crippen molar-refractivity contribution in [3.63, 3.8) is 0 Å². The lowest BCUT2D eigenvalue weighted by Gasteiger charge is -2.08. The molecule has 5 N–H and O–H groups in total. The van der Waals surface area contributed by atoms with Crippen molar-refractivity contribution in [3.8, 4) is 11.5 Å². The van der Waals surface area contributed by atoms with Crippen LogP contribution in [0.3, 0.4) is 0 Å². The summed E-state index contributed by atoms with van der Waals surface area (Å²) in [5.74, 6) is 7.26. The number of para-hydroxylation sites is 1. The van der Waals surface area contributed by atoms with Crippen molar-refractivity contribution in [2.24, 2.45) is 5.10 Å². The molecule has 0 aliphatic rings. The minimum atomic E-state index is -0.266. The minimum Gasteiger partial charge on any atom is -0.457 e. The molecule has 188 valence electrons. The van der Waals surface area contributed by atoms with E-state index in [1.165, 1.54) is 11.6 Å². The number of thioether (sulfide) groups is 1. The van der Waals surface area contributed by atoms with E-state index >= 15 is 0 Å². The van der Waals surface area contributed by atoms with Crippen LogP contribution in [0, 0.1) is 0 Å². The molecule has 0 radical (unpaired) electrons. The molecule has 37 heavy (non-hydrogen) atoms. The van der Waals surface area contributed by atoms with E-state index < -0.39 is 0 Å². The van der Waals surface area contributed by atoms with Gasteiger partial charge in [0.05, 0.1) is 12.0 Å². The molecule has 4 aromatic rings. The van der Waals surface area contributed by atoms with Crippen molar-refractivity contribution in [1.82, 2.24) is 14.9 Å². The second-order valence-electron chi connectivity index (χ2n) is 7.63. The lowest BCUT2D eigenvalue weighted by molar-refractivity contribution is -0.114. The van der Waals surface area contributed by atoms with Crippen LogP contribution in [-0.2, 0) is 9.59 Å². The van der Waals surface area contributed by atoms with E-state index in [9.17, 15) is 9.59 Å². The van der Waals surface area contributed by atoms with Crippen LogP contribution >= 0.6 is 11.8 Å². The van der Waals surface area contributed by atoms with E-state index in [0.29, 0.717) is 22.3 Å². The number of benzene rings is 3. The van der Waals surface area contributed by atoms with Gasteiger partial charge in [0.2, 0.25) is 17.0 Å². The van der Waals surface area contributed by atoms with E-state index in [0.717, 1.165) is 23.1 Å². The van der Waals surface area contributed by atoms with Gasteiger partial charge in [-0.3, -0.25) is 9.59 Å². The van der Waals surface area contributed by atoms with Gasteiger partial charge in [0.25, 0.3) is 5.95 Å². The smallest absolute Gasteiger partial charge is 0.264 e. The number of carbonyl (C=O) groups excluding carboxylic acids is 2. The molecule has 11 nitrogen and oxygen atoms in total. The van der Waals surface area contributed by atoms with E-state index in [-0.39, 0.29) is 23.5 Å². The molecule has 0 fully saturated rings. The zero-order valence-corrected chi connectivity index (χ0v) is 20.6. The van der Waals surface area contributed by atoms with Gasteiger partial charge in [-0.2, -0.15) is 5.10 Å². The fourth-order valence-electron chi connectivity index (χ4n) is 3.10. The molecule has 0 unspecified atom stereocenters. The average Bonchev–Trinajstić information content (AvgIpc) is 3.22. The third kappa shape index (κ3) is 7.57. The summed E-state index contributed by atoms with van der Waals surface area (Å²) in [5, 5.41) is 17.9. The highest BCUT2D eigenvalue weighted by Gasteiger charge is 2.12. The summed E-state index contributed by atoms with van der Waals surface area (Å²) in [6, 6.07) is 23.8. The van der Waals surface area contributed by atoms with Crippen LogP contribution in [0.2, 0.25) is 0 Å². The molecule has 0 atom stereocenters. The van der Waals surface area contributed by atoms with Crippen LogP contribution in [0.25, 0.3) is 0 Å². The van der Waals surface area contributed by atoms with Gasteiger partial charge in [-0.15, -0.1) is 10.2 Å². The summed E-state index contributed by atoms with van der Waals surface area (Å²) < 4.78 is 7.04. The first-order valence-electron chi connectivity index (χ1n) is 11.1. The number of nitrogens with one attached hydrogen (secondary N) is 3. The van der Waals surface area contributed by atoms with Crippen LogP contribution < -0.4 is 26.6 Å². The first-order valence-corrected chi connectivity index (χ1v) is 12.1. The third-order valence-electron chi connectivity index (χ3n) is 4.68. The summed E-state index contributed by atoms with van der Waals surface area (Å²) in [4.78, 5) is 23.5. The SMILES string of the molecule is CC(=O)Nc1cccc(NC(=O)CSc2nnc(N/N=C/c3cccc(Oc4ccccc4)c3)n2N)c1. The maximum atomic E-state index is 12.3. The summed E-state index contributed by atoms with van der Waals surface area (Å²) in [6.45, 7) is 1.42. The second kappa shape index (κ2) is 12.2. The van der Waals surface area contributed by atoms with Crippen LogP contribution in [0.4, 0.5) is 17.3 Å². The Hall–Kier alpha value is -4.84. The van der Waals surface area contributed by atoms with E-state index in [4.69, 9.17) is 10.6 Å². The third-order valence-corrected chi connectivity index (χ3v) is 5.62. The Morgan fingerprint density at radius 1 is 0.973 bits per heavy atom. The highest BCUT2D eigenvalue weighted by molar-refractivity contribution is 7.99. The van der Waals surface area contributed by atoms with E-state index in [1.807, 2.05) is 54.6 Å². The Morgan fingerprint density at radius 2 is 1.70 bits per heavy atom. The number of anilines is 3. The monoisotopic (exact) mass is 516 g/mol. The first kappa shape index (κ1) is 25.3. The predicted molar refractivity (Wildman–Crippen MR) is 144 cm³/mol. The predicted octanol–water partition coefficient (Wildman–Crippen LogP) is 3.92. The molecule has 1 aromatic heterocycles. The maximum Gasteiger partial charge on any atom is 0.264 e. The molecule has 0 aliphatic heterocycles. The Balaban J connectivity index is 1.29. The van der Waals surface area contributed by atoms with Crippen molar-refractivity contribution in [2.45, 2.75) is 12.1 Å². The molecule has 0 aliphatic carbocycles. The average molecular weight is 517 g/mol. The molecular weight excluding hydrogens is 492 g/mol. The van der Waals surface area contributed by atoms with Gasteiger partial charge in [-0.1, -0.05) is 48.2 Å². The fourth-order valence-corrected chi connectivity index (χ4v) is 3.76. The van der Waals surface area contributed by atoms with Crippen molar-refractivity contribution >= 4 is 47.1 Å². The maximum absolute atomic E-state index is 12.3. The van der Waals surface area contributed by atoms with Gasteiger partial charge < -0.3 is 21.2 Å². The number of amides is 2. The fraction of sp³-hybridized carbons (Fsp3) is 0.0800. The quantitative estimate of drug-likeness (QED) is 0.107. The van der Waals surface area contributed by atoms with Crippen molar-refractivity contribution in [3.05, 3.63) is 84.4 Å². The molecular formula is C25H24N8O3S. The number of ether oxygens (including phenoxy) is 1. The highest BCUT2D eigenvalue weighted by atomic mass is 32.2. The first-order chi connectivity index (χ1) is 18.0. The molecule has 1 heterocycles. The number of hydrogen-bond acceptors (Lipinski definition) is 9. The molecule has 4 rings (SSSR count). The second-order valence-corrected chi connectivity index (χ2v) is 8.58. The van der Waals surface area contributed by atoms with Gasteiger partial charge in [0.15, 0.2) is 0 Å². The Labute approximate surface area is 217 Å². The topological polar surface area (TPSA) is 149 Å². The van der Waals surface area contributed by atoms with Crippen molar-refractivity contribution in [1.29, 1.82) is 0 Å². The highest BCUT2D eigenvalue weighted by Crippen LogP contribution is 2.22. The number of nitrogen functional groups attached to an aromatic ring is 1. The summed E-state index contributed by atoms with van der Waals surface area (Å²) in [5.41, 5.74) is 4.69. The minimum absolute atomic E-state index is 0.0528. The van der Waals surface area contributed by atoms with Gasteiger partial charge in [-0.05, 0) is 48.0 Å². The molecule has 0 spiro atoms. The van der Waals surface area contributed by atoms with Gasteiger partial charge >= 0.3 is 0 Å². The Bertz CT molecular complexity index is 1410.